The number of nitrogens with zero attached hydrogens (tertiary/aromatic N) is 1. The highest BCUT2D eigenvalue weighted by Crippen LogP contribution is 2.43. The molecule has 0 radical (unpaired) electrons. The number of benzene rings is 1. The molecule has 7 heteroatoms. The van der Waals surface area contributed by atoms with Gasteiger partial charge in [-0.3, -0.25) is 0 Å². The van der Waals surface area contributed by atoms with Gasteiger partial charge in [0.25, 0.3) is 0 Å². The van der Waals surface area contributed by atoms with Gasteiger partial charge < -0.3 is 19.8 Å². The number of piperidine rings is 1. The van der Waals surface area contributed by atoms with E-state index in [1.807, 2.05) is 40.7 Å². The third-order valence-corrected chi connectivity index (χ3v) is 5.07. The molecule has 2 rings (SSSR count). The fourth-order valence-electron chi connectivity index (χ4n) is 3.41. The van der Waals surface area contributed by atoms with E-state index >= 15 is 0 Å². The molecule has 0 atom stereocenters. The van der Waals surface area contributed by atoms with E-state index in [4.69, 9.17) is 21.1 Å². The molecule has 1 saturated heterocycles. The minimum Gasteiger partial charge on any atom is -0.494 e. The first-order chi connectivity index (χ1) is 12.7. The summed E-state index contributed by atoms with van der Waals surface area (Å²) in [6, 6.07) is 1.89. The van der Waals surface area contributed by atoms with Crippen LogP contribution in [0.1, 0.15) is 57.6 Å². The molecule has 0 saturated carbocycles. The van der Waals surface area contributed by atoms with E-state index in [1.165, 1.54) is 0 Å². The number of halogens is 1. The number of likely N-dealkylation sites (tertiary alicyclic amines) is 1. The normalized spacial score (nSPS) is 15.6. The number of hydrogen-bond donors (Lipinski definition) is 2. The lowest BCUT2D eigenvalue weighted by Gasteiger charge is -2.35. The van der Waals surface area contributed by atoms with E-state index in [0.717, 1.165) is 42.0 Å². The van der Waals surface area contributed by atoms with Crippen LogP contribution in [0, 0.1) is 6.92 Å². The molecule has 1 aromatic rings. The Morgan fingerprint density at radius 1 is 1.33 bits per heavy atom. The SMILES string of the molecule is CCNNc1cc(Cl)c(C)c(C2CCN(C(=O)OC(C)(C)C)CC2)c1OC. The Kier molecular flexibility index (Phi) is 7.23. The van der Waals surface area contributed by atoms with Gasteiger partial charge in [0.05, 0.1) is 12.8 Å². The number of rotatable bonds is 5. The Balaban J connectivity index is 2.19. The van der Waals surface area contributed by atoms with Crippen LogP contribution in [0.4, 0.5) is 10.5 Å². The Bertz CT molecular complexity index is 665. The summed E-state index contributed by atoms with van der Waals surface area (Å²) in [5.74, 6) is 1.09. The first-order valence-corrected chi connectivity index (χ1v) is 9.89. The highest BCUT2D eigenvalue weighted by molar-refractivity contribution is 6.31. The number of carbonyl (C=O) groups excluding carboxylic acids is 1. The van der Waals surface area contributed by atoms with Gasteiger partial charge in [0.1, 0.15) is 11.4 Å². The van der Waals surface area contributed by atoms with Gasteiger partial charge in [0.2, 0.25) is 0 Å². The summed E-state index contributed by atoms with van der Waals surface area (Å²) in [7, 11) is 1.68. The van der Waals surface area contributed by atoms with Crippen molar-refractivity contribution in [2.75, 3.05) is 32.2 Å². The molecule has 0 aromatic heterocycles. The van der Waals surface area contributed by atoms with Crippen LogP contribution in [0.15, 0.2) is 6.07 Å². The summed E-state index contributed by atoms with van der Waals surface area (Å²) in [5.41, 5.74) is 8.78. The standard InChI is InChI=1S/C20H32ClN3O3/c1-7-22-23-16-12-15(21)13(2)17(18(16)26-6)14-8-10-24(11-9-14)19(25)27-20(3,4)5/h12,14,22-23H,7-11H2,1-6H3. The molecule has 6 nitrogen and oxygen atoms in total. The van der Waals surface area contributed by atoms with E-state index in [9.17, 15) is 4.79 Å². The molecule has 1 fully saturated rings. The largest absolute Gasteiger partial charge is 0.494 e. The van der Waals surface area contributed by atoms with Gasteiger partial charge in [-0.15, -0.1) is 0 Å². The smallest absolute Gasteiger partial charge is 0.410 e. The first-order valence-electron chi connectivity index (χ1n) is 9.51. The van der Waals surface area contributed by atoms with Crippen LogP contribution in [-0.4, -0.2) is 43.3 Å². The third kappa shape index (κ3) is 5.42. The van der Waals surface area contributed by atoms with Crippen molar-refractivity contribution in [3.05, 3.63) is 22.2 Å². The van der Waals surface area contributed by atoms with Crippen LogP contribution in [0.2, 0.25) is 5.02 Å². The number of nitrogens with one attached hydrogen (secondary N) is 2. The zero-order valence-corrected chi connectivity index (χ0v) is 18.0. The van der Waals surface area contributed by atoms with Gasteiger partial charge in [-0.05, 0) is 58.1 Å². The Morgan fingerprint density at radius 3 is 2.48 bits per heavy atom. The van der Waals surface area contributed by atoms with Gasteiger partial charge in [-0.1, -0.05) is 18.5 Å². The topological polar surface area (TPSA) is 62.8 Å². The second-order valence-corrected chi connectivity index (χ2v) is 8.28. The van der Waals surface area contributed by atoms with Crippen molar-refractivity contribution in [1.29, 1.82) is 0 Å². The van der Waals surface area contributed by atoms with Crippen LogP contribution < -0.4 is 15.6 Å². The van der Waals surface area contributed by atoms with Crippen molar-refractivity contribution in [3.63, 3.8) is 0 Å². The maximum absolute atomic E-state index is 12.3. The van der Waals surface area contributed by atoms with Gasteiger partial charge in [0, 0.05) is 30.2 Å². The molecule has 1 aliphatic heterocycles. The highest BCUT2D eigenvalue weighted by Gasteiger charge is 2.30. The van der Waals surface area contributed by atoms with E-state index in [-0.39, 0.29) is 12.0 Å². The molecule has 1 amide bonds. The Hall–Kier alpha value is -1.66. The summed E-state index contributed by atoms with van der Waals surface area (Å²) in [4.78, 5) is 14.1. The second-order valence-electron chi connectivity index (χ2n) is 7.87. The van der Waals surface area contributed by atoms with Crippen LogP contribution in [-0.2, 0) is 4.74 Å². The predicted octanol–water partition coefficient (Wildman–Crippen LogP) is 4.71. The molecule has 1 heterocycles. The van der Waals surface area contributed by atoms with Gasteiger partial charge >= 0.3 is 6.09 Å². The summed E-state index contributed by atoms with van der Waals surface area (Å²) in [6.07, 6.45) is 1.44. The number of ether oxygens (including phenoxy) is 2. The van der Waals surface area contributed by atoms with Gasteiger partial charge in [-0.25, -0.2) is 10.2 Å². The van der Waals surface area contributed by atoms with Gasteiger partial charge in [0.15, 0.2) is 0 Å². The molecule has 0 aliphatic carbocycles. The molecule has 152 valence electrons. The maximum atomic E-state index is 12.3. The molecule has 1 aromatic carbocycles. The summed E-state index contributed by atoms with van der Waals surface area (Å²) >= 11 is 6.49. The minimum atomic E-state index is -0.479. The number of carbonyl (C=O) groups is 1. The maximum Gasteiger partial charge on any atom is 0.410 e. The lowest BCUT2D eigenvalue weighted by atomic mass is 9.85. The lowest BCUT2D eigenvalue weighted by Crippen LogP contribution is -2.41. The average molecular weight is 398 g/mol. The minimum absolute atomic E-state index is 0.245. The quantitative estimate of drug-likeness (QED) is 0.704. The molecule has 0 unspecified atom stereocenters. The Morgan fingerprint density at radius 2 is 1.96 bits per heavy atom. The van der Waals surface area contributed by atoms with E-state index in [1.54, 1.807) is 12.0 Å². The number of anilines is 1. The molecule has 27 heavy (non-hydrogen) atoms. The third-order valence-electron chi connectivity index (χ3n) is 4.68. The van der Waals surface area contributed by atoms with E-state index < -0.39 is 5.60 Å². The van der Waals surface area contributed by atoms with Crippen molar-refractivity contribution in [3.8, 4) is 5.75 Å². The van der Waals surface area contributed by atoms with Crippen molar-refractivity contribution >= 4 is 23.4 Å². The van der Waals surface area contributed by atoms with Crippen molar-refractivity contribution < 1.29 is 14.3 Å². The van der Waals surface area contributed by atoms with Crippen LogP contribution in [0.5, 0.6) is 5.75 Å². The molecule has 0 bridgehead atoms. The fraction of sp³-hybridized carbons (Fsp3) is 0.650. The predicted molar refractivity (Wildman–Crippen MR) is 110 cm³/mol. The van der Waals surface area contributed by atoms with Crippen LogP contribution in [0.25, 0.3) is 0 Å². The van der Waals surface area contributed by atoms with E-state index in [0.29, 0.717) is 18.1 Å². The first kappa shape index (κ1) is 21.6. The summed E-state index contributed by atoms with van der Waals surface area (Å²) < 4.78 is 11.2. The molecule has 2 N–H and O–H groups in total. The van der Waals surface area contributed by atoms with Crippen molar-refractivity contribution in [2.45, 2.75) is 59.0 Å². The number of hydrogen-bond acceptors (Lipinski definition) is 5. The lowest BCUT2D eigenvalue weighted by molar-refractivity contribution is 0.0204. The van der Waals surface area contributed by atoms with Crippen LogP contribution >= 0.6 is 11.6 Å². The zero-order chi connectivity index (χ0) is 20.2. The molecule has 1 aliphatic rings. The molecular formula is C20H32ClN3O3. The average Bonchev–Trinajstić information content (AvgIpc) is 2.60. The summed E-state index contributed by atoms with van der Waals surface area (Å²) in [5, 5.41) is 0.709. The Labute approximate surface area is 167 Å². The van der Waals surface area contributed by atoms with Crippen LogP contribution in [0.3, 0.4) is 0 Å². The number of amides is 1. The molecular weight excluding hydrogens is 366 g/mol. The second kappa shape index (κ2) is 9.02. The van der Waals surface area contributed by atoms with Gasteiger partial charge in [-0.2, -0.15) is 0 Å². The number of methoxy groups -OCH3 is 1. The summed E-state index contributed by atoms with van der Waals surface area (Å²) in [6.45, 7) is 11.8. The molecule has 0 spiro atoms. The highest BCUT2D eigenvalue weighted by atomic mass is 35.5. The monoisotopic (exact) mass is 397 g/mol. The number of hydrazine groups is 1. The fourth-order valence-corrected chi connectivity index (χ4v) is 3.62. The van der Waals surface area contributed by atoms with E-state index in [2.05, 4.69) is 10.9 Å². The van der Waals surface area contributed by atoms with Crippen molar-refractivity contribution in [1.82, 2.24) is 10.3 Å². The van der Waals surface area contributed by atoms with Crippen molar-refractivity contribution in [2.24, 2.45) is 0 Å². The zero-order valence-electron chi connectivity index (χ0n) is 17.2.